The van der Waals surface area contributed by atoms with Gasteiger partial charge in [-0.1, -0.05) is 30.3 Å². The maximum Gasteiger partial charge on any atom is 0.407 e. The van der Waals surface area contributed by atoms with Crippen molar-refractivity contribution in [1.82, 2.24) is 20.9 Å². The van der Waals surface area contributed by atoms with Crippen molar-refractivity contribution in [2.75, 3.05) is 13.1 Å². The summed E-state index contributed by atoms with van der Waals surface area (Å²) in [5.41, 5.74) is 1.78. The Labute approximate surface area is 248 Å². The molecule has 2 unspecified atom stereocenters. The number of aryl methyl sites for hydroxylation is 1. The lowest BCUT2D eigenvalue weighted by Gasteiger charge is -2.37. The van der Waals surface area contributed by atoms with Crippen molar-refractivity contribution in [3.05, 3.63) is 64.2 Å². The van der Waals surface area contributed by atoms with E-state index in [-0.39, 0.29) is 37.1 Å². The number of carbonyl (C=O) groups excluding carboxylic acids is 3. The van der Waals surface area contributed by atoms with Crippen molar-refractivity contribution in [3.63, 3.8) is 0 Å². The van der Waals surface area contributed by atoms with Gasteiger partial charge in [0.2, 0.25) is 17.7 Å². The molecule has 0 aliphatic rings. The highest BCUT2D eigenvalue weighted by Gasteiger charge is 2.36. The first-order chi connectivity index (χ1) is 19.3. The van der Waals surface area contributed by atoms with Crippen LogP contribution in [0.25, 0.3) is 0 Å². The Kier molecular flexibility index (Phi) is 11.1. The first-order valence-electron chi connectivity index (χ1n) is 14.0. The molecule has 42 heavy (non-hydrogen) atoms. The van der Waals surface area contributed by atoms with Gasteiger partial charge in [-0.05, 0) is 89.3 Å². The number of carboxylic acid groups (broad SMARTS) is 1. The summed E-state index contributed by atoms with van der Waals surface area (Å²) in [5, 5.41) is 29.0. The van der Waals surface area contributed by atoms with E-state index in [0.717, 1.165) is 5.56 Å². The van der Waals surface area contributed by atoms with Crippen LogP contribution in [-0.2, 0) is 14.4 Å². The Hall–Kier alpha value is -4.08. The summed E-state index contributed by atoms with van der Waals surface area (Å²) in [6.45, 7) is 15.6. The summed E-state index contributed by atoms with van der Waals surface area (Å²) in [6, 6.07) is 10.3. The number of nitrogens with zero attached hydrogens (tertiary/aromatic N) is 1. The lowest BCUT2D eigenvalue weighted by atomic mass is 9.85. The van der Waals surface area contributed by atoms with Gasteiger partial charge in [-0.2, -0.15) is 0 Å². The van der Waals surface area contributed by atoms with Crippen molar-refractivity contribution in [1.29, 1.82) is 0 Å². The molecule has 10 heteroatoms. The highest BCUT2D eigenvalue weighted by Crippen LogP contribution is 2.34. The van der Waals surface area contributed by atoms with E-state index >= 15 is 0 Å². The molecule has 2 aromatic carbocycles. The van der Waals surface area contributed by atoms with Gasteiger partial charge < -0.3 is 31.1 Å². The summed E-state index contributed by atoms with van der Waals surface area (Å²) in [4.78, 5) is 52.0. The van der Waals surface area contributed by atoms with E-state index in [4.69, 9.17) is 0 Å². The second-order valence-corrected chi connectivity index (χ2v) is 12.5. The van der Waals surface area contributed by atoms with Gasteiger partial charge in [0, 0.05) is 25.6 Å². The van der Waals surface area contributed by atoms with Crippen LogP contribution in [0.3, 0.4) is 0 Å². The number of aromatic hydroxyl groups is 1. The van der Waals surface area contributed by atoms with Gasteiger partial charge in [-0.15, -0.1) is 0 Å². The Morgan fingerprint density at radius 1 is 0.952 bits per heavy atom. The molecule has 0 aromatic heterocycles. The fraction of sp³-hybridized carbons (Fsp3) is 0.500. The Bertz CT molecular complexity index is 1300. The summed E-state index contributed by atoms with van der Waals surface area (Å²) >= 11 is 0. The zero-order valence-electron chi connectivity index (χ0n) is 26.2. The lowest BCUT2D eigenvalue weighted by Crippen LogP contribution is -2.55. The highest BCUT2D eigenvalue weighted by molar-refractivity contribution is 5.86. The first kappa shape index (κ1) is 34.1. The molecule has 0 aliphatic carbocycles. The number of carbonyl (C=O) groups is 4. The number of benzene rings is 2. The summed E-state index contributed by atoms with van der Waals surface area (Å²) in [7, 11) is 0. The van der Waals surface area contributed by atoms with Gasteiger partial charge in [0.25, 0.3) is 0 Å². The third-order valence-corrected chi connectivity index (χ3v) is 7.36. The van der Waals surface area contributed by atoms with Crippen LogP contribution >= 0.6 is 0 Å². The second-order valence-electron chi connectivity index (χ2n) is 12.5. The molecule has 0 aliphatic heterocycles. The van der Waals surface area contributed by atoms with Gasteiger partial charge >= 0.3 is 6.09 Å². The van der Waals surface area contributed by atoms with Crippen LogP contribution in [0.1, 0.15) is 87.7 Å². The fourth-order valence-electron chi connectivity index (χ4n) is 4.97. The molecular formula is C32H46N4O6. The van der Waals surface area contributed by atoms with Crippen LogP contribution in [0, 0.1) is 20.8 Å². The normalized spacial score (nSPS) is 13.1. The van der Waals surface area contributed by atoms with Crippen molar-refractivity contribution >= 4 is 23.8 Å². The first-order valence-corrected chi connectivity index (χ1v) is 14.0. The average molecular weight is 583 g/mol. The zero-order chi connectivity index (χ0) is 32.0. The second kappa shape index (κ2) is 13.7. The monoisotopic (exact) mass is 582 g/mol. The predicted molar refractivity (Wildman–Crippen MR) is 162 cm³/mol. The minimum Gasteiger partial charge on any atom is -0.508 e. The molecule has 2 aromatic rings. The molecule has 0 saturated carbocycles. The van der Waals surface area contributed by atoms with Gasteiger partial charge in [0.1, 0.15) is 5.75 Å². The molecule has 10 nitrogen and oxygen atoms in total. The van der Waals surface area contributed by atoms with Crippen molar-refractivity contribution in [2.24, 2.45) is 0 Å². The highest BCUT2D eigenvalue weighted by atomic mass is 16.4. The van der Waals surface area contributed by atoms with Gasteiger partial charge in [0.05, 0.1) is 23.9 Å². The van der Waals surface area contributed by atoms with Crippen molar-refractivity contribution in [2.45, 2.75) is 91.8 Å². The average Bonchev–Trinajstić information content (AvgIpc) is 2.86. The van der Waals surface area contributed by atoms with Crippen LogP contribution in [0.2, 0.25) is 0 Å². The third kappa shape index (κ3) is 9.22. The third-order valence-electron chi connectivity index (χ3n) is 7.36. The van der Waals surface area contributed by atoms with Crippen LogP contribution < -0.4 is 16.0 Å². The van der Waals surface area contributed by atoms with E-state index < -0.39 is 35.0 Å². The largest absolute Gasteiger partial charge is 0.508 e. The van der Waals surface area contributed by atoms with E-state index in [2.05, 4.69) is 16.0 Å². The number of hydrogen-bond donors (Lipinski definition) is 5. The maximum atomic E-state index is 13.9. The topological polar surface area (TPSA) is 148 Å². The van der Waals surface area contributed by atoms with Crippen molar-refractivity contribution in [3.8, 4) is 5.75 Å². The number of phenols is 1. The van der Waals surface area contributed by atoms with E-state index in [0.29, 0.717) is 22.3 Å². The summed E-state index contributed by atoms with van der Waals surface area (Å²) < 4.78 is 0. The molecule has 0 bridgehead atoms. The Morgan fingerprint density at radius 3 is 2.07 bits per heavy atom. The smallest absolute Gasteiger partial charge is 0.407 e. The SMILES string of the molecule is CC(=O)NC(CC(=O)NCC(C)(C)NC(=O)C(CN(C(=O)O)C(C)(C)C)c1c(C)cc(O)c(C)c1C)c1ccccc1. The van der Waals surface area contributed by atoms with Crippen LogP contribution in [0.4, 0.5) is 4.79 Å². The Balaban J connectivity index is 2.29. The Morgan fingerprint density at radius 2 is 1.55 bits per heavy atom. The molecular weight excluding hydrogens is 536 g/mol. The minimum atomic E-state index is -1.15. The van der Waals surface area contributed by atoms with Crippen molar-refractivity contribution < 1.29 is 29.4 Å². The standard InChI is InChI=1S/C32H46N4O6/c1-19-15-26(38)20(2)21(3)28(19)24(17-36(30(41)42)31(5,6)7)29(40)35-32(8,9)18-33-27(39)16-25(34-22(4)37)23-13-11-10-12-14-23/h10-15,24-25,38H,16-18H2,1-9H3,(H,33,39)(H,34,37)(H,35,40)(H,41,42). The predicted octanol–water partition coefficient (Wildman–Crippen LogP) is 4.46. The molecule has 0 heterocycles. The van der Waals surface area contributed by atoms with Gasteiger partial charge in [0.15, 0.2) is 0 Å². The fourth-order valence-corrected chi connectivity index (χ4v) is 4.97. The number of amides is 4. The molecule has 5 N–H and O–H groups in total. The minimum absolute atomic E-state index is 0.0145. The number of nitrogens with one attached hydrogen (secondary N) is 3. The van der Waals surface area contributed by atoms with E-state index in [1.165, 1.54) is 11.8 Å². The zero-order valence-corrected chi connectivity index (χ0v) is 26.2. The number of hydrogen-bond acceptors (Lipinski definition) is 5. The molecule has 4 amide bonds. The molecule has 0 fully saturated rings. The molecule has 2 rings (SSSR count). The van der Waals surface area contributed by atoms with E-state index in [1.54, 1.807) is 54.5 Å². The van der Waals surface area contributed by atoms with Crippen LogP contribution in [0.15, 0.2) is 36.4 Å². The quantitative estimate of drug-likeness (QED) is 0.264. The molecule has 2 atom stereocenters. The maximum absolute atomic E-state index is 13.9. The van der Waals surface area contributed by atoms with Crippen LogP contribution in [-0.4, -0.2) is 63.1 Å². The molecule has 0 saturated heterocycles. The molecule has 0 radical (unpaired) electrons. The molecule has 230 valence electrons. The van der Waals surface area contributed by atoms with Gasteiger partial charge in [-0.25, -0.2) is 4.79 Å². The van der Waals surface area contributed by atoms with E-state index in [1.807, 2.05) is 37.3 Å². The molecule has 0 spiro atoms. The van der Waals surface area contributed by atoms with Crippen LogP contribution in [0.5, 0.6) is 5.75 Å². The number of rotatable bonds is 11. The summed E-state index contributed by atoms with van der Waals surface area (Å²) in [6.07, 6.45) is -1.13. The summed E-state index contributed by atoms with van der Waals surface area (Å²) in [5.74, 6) is -1.73. The number of phenolic OH excluding ortho intramolecular Hbond substituents is 1. The van der Waals surface area contributed by atoms with E-state index in [9.17, 15) is 29.4 Å². The lowest BCUT2D eigenvalue weighted by molar-refractivity contribution is -0.126. The van der Waals surface area contributed by atoms with Gasteiger partial charge in [-0.3, -0.25) is 14.4 Å².